The van der Waals surface area contributed by atoms with Crippen molar-refractivity contribution in [1.29, 1.82) is 5.26 Å². The Kier molecular flexibility index (Phi) is 7.47. The average Bonchev–Trinajstić information content (AvgIpc) is 3.16. The lowest BCUT2D eigenvalue weighted by atomic mass is 10.1. The van der Waals surface area contributed by atoms with Gasteiger partial charge in [-0.1, -0.05) is 6.07 Å². The summed E-state index contributed by atoms with van der Waals surface area (Å²) in [6, 6.07) is 9.05. The molecule has 0 atom stereocenters. The Hall–Kier alpha value is -3.98. The minimum Gasteiger partial charge on any atom is -0.493 e. The van der Waals surface area contributed by atoms with Crippen LogP contribution >= 0.6 is 11.8 Å². The number of nitrogens with zero attached hydrogens (tertiary/aromatic N) is 2. The number of hydrogen-bond acceptors (Lipinski definition) is 8. The first-order chi connectivity index (χ1) is 16.1. The van der Waals surface area contributed by atoms with Crippen LogP contribution in [0.4, 0.5) is 13.2 Å². The molecule has 176 valence electrons. The number of carbonyl (C=O) groups is 2. The molecule has 1 N–H and O–H groups in total. The van der Waals surface area contributed by atoms with Crippen molar-refractivity contribution >= 4 is 34.9 Å². The molecule has 3 rings (SSSR count). The van der Waals surface area contributed by atoms with Crippen LogP contribution in [0.1, 0.15) is 16.7 Å². The highest BCUT2D eigenvalue weighted by Gasteiger charge is 2.35. The molecule has 1 amide bonds. The van der Waals surface area contributed by atoms with Crippen LogP contribution in [-0.4, -0.2) is 37.8 Å². The number of carbonyl (C=O) groups excluding carboxylic acids is 2. The molecule has 0 aromatic heterocycles. The Labute approximate surface area is 196 Å². The lowest BCUT2D eigenvalue weighted by Gasteiger charge is -2.16. The molecule has 0 spiro atoms. The van der Waals surface area contributed by atoms with Crippen molar-refractivity contribution in [3.8, 4) is 23.3 Å². The highest BCUT2D eigenvalue weighted by molar-refractivity contribution is 8.18. The van der Waals surface area contributed by atoms with Crippen molar-refractivity contribution in [2.75, 3.05) is 20.8 Å². The Morgan fingerprint density at radius 2 is 1.91 bits per heavy atom. The molecule has 2 aromatic carbocycles. The molecule has 1 aliphatic heterocycles. The fourth-order valence-electron chi connectivity index (χ4n) is 2.74. The molecule has 0 saturated carbocycles. The van der Waals surface area contributed by atoms with Crippen LogP contribution in [-0.2, 0) is 20.5 Å². The fourth-order valence-corrected chi connectivity index (χ4v) is 3.56. The van der Waals surface area contributed by atoms with Crippen molar-refractivity contribution < 1.29 is 37.0 Å². The van der Waals surface area contributed by atoms with Crippen molar-refractivity contribution in [2.45, 2.75) is 6.18 Å². The van der Waals surface area contributed by atoms with Gasteiger partial charge in [0.05, 0.1) is 36.3 Å². The van der Waals surface area contributed by atoms with E-state index in [1.165, 1.54) is 44.6 Å². The van der Waals surface area contributed by atoms with Gasteiger partial charge in [0.25, 0.3) is 5.91 Å². The van der Waals surface area contributed by atoms with Crippen LogP contribution in [0.15, 0.2) is 46.3 Å². The number of methoxy groups -OCH3 is 2. The third-order valence-corrected chi connectivity index (χ3v) is 5.30. The highest BCUT2D eigenvalue weighted by atomic mass is 32.2. The van der Waals surface area contributed by atoms with E-state index in [1.54, 1.807) is 6.07 Å². The van der Waals surface area contributed by atoms with Crippen molar-refractivity contribution in [3.63, 3.8) is 0 Å². The summed E-state index contributed by atoms with van der Waals surface area (Å²) in [5, 5.41) is 11.6. The number of nitriles is 1. The van der Waals surface area contributed by atoms with Crippen LogP contribution in [0.3, 0.4) is 0 Å². The number of thioether (sulfide) groups is 1. The van der Waals surface area contributed by atoms with E-state index in [-0.39, 0.29) is 33.7 Å². The summed E-state index contributed by atoms with van der Waals surface area (Å²) in [5.41, 5.74) is -0.750. The first kappa shape index (κ1) is 24.7. The predicted octanol–water partition coefficient (Wildman–Crippen LogP) is 4.11. The molecule has 1 aliphatic rings. The van der Waals surface area contributed by atoms with E-state index in [2.05, 4.69) is 15.0 Å². The summed E-state index contributed by atoms with van der Waals surface area (Å²) < 4.78 is 55.5. The van der Waals surface area contributed by atoms with Crippen LogP contribution in [0.5, 0.6) is 17.2 Å². The quantitative estimate of drug-likeness (QED) is 0.478. The maximum Gasteiger partial charge on any atom is 0.420 e. The molecule has 0 unspecified atom stereocenters. The van der Waals surface area contributed by atoms with E-state index < -0.39 is 29.4 Å². The van der Waals surface area contributed by atoms with Crippen molar-refractivity contribution in [1.82, 2.24) is 5.32 Å². The summed E-state index contributed by atoms with van der Waals surface area (Å²) in [6.45, 7) is -0.248. The summed E-state index contributed by atoms with van der Waals surface area (Å²) in [4.78, 5) is 27.6. The zero-order valence-corrected chi connectivity index (χ0v) is 18.5. The molecule has 0 aliphatic carbocycles. The Bertz CT molecular complexity index is 1240. The maximum absolute atomic E-state index is 13.4. The van der Waals surface area contributed by atoms with Gasteiger partial charge in [0.1, 0.15) is 12.3 Å². The lowest BCUT2D eigenvalue weighted by molar-refractivity contribution is -0.139. The molecule has 0 bridgehead atoms. The molecule has 1 saturated heterocycles. The molecular formula is C22H16F3N3O5S. The Balaban J connectivity index is 1.86. The zero-order chi connectivity index (χ0) is 24.9. The van der Waals surface area contributed by atoms with Gasteiger partial charge in [-0.25, -0.2) is 0 Å². The van der Waals surface area contributed by atoms with Crippen LogP contribution < -0.4 is 14.8 Å². The van der Waals surface area contributed by atoms with E-state index >= 15 is 0 Å². The number of esters is 1. The Morgan fingerprint density at radius 1 is 1.18 bits per heavy atom. The lowest BCUT2D eigenvalue weighted by Crippen LogP contribution is -2.20. The first-order valence-electron chi connectivity index (χ1n) is 9.44. The minimum absolute atomic E-state index is 0.00344. The second kappa shape index (κ2) is 10.3. The summed E-state index contributed by atoms with van der Waals surface area (Å²) in [7, 11) is 2.54. The van der Waals surface area contributed by atoms with Crippen molar-refractivity contribution in [2.24, 2.45) is 4.99 Å². The van der Waals surface area contributed by atoms with Gasteiger partial charge in [0.2, 0.25) is 0 Å². The molecule has 12 heteroatoms. The van der Waals surface area contributed by atoms with Gasteiger partial charge in [-0.2, -0.15) is 18.4 Å². The largest absolute Gasteiger partial charge is 0.493 e. The second-order valence-electron chi connectivity index (χ2n) is 6.60. The van der Waals surface area contributed by atoms with E-state index in [0.717, 1.165) is 17.8 Å². The van der Waals surface area contributed by atoms with E-state index in [0.29, 0.717) is 11.6 Å². The molecule has 1 heterocycles. The molecule has 34 heavy (non-hydrogen) atoms. The SMILES string of the molecule is COC(=O)CN=C1NC(=O)/C(=C\c2ccc(Oc3ccc(C#N)cc3C(F)(F)F)c(OC)c2)S1. The predicted molar refractivity (Wildman–Crippen MR) is 117 cm³/mol. The number of nitrogens with one attached hydrogen (secondary N) is 1. The number of alkyl halides is 3. The minimum atomic E-state index is -4.74. The Morgan fingerprint density at radius 3 is 2.56 bits per heavy atom. The number of amidine groups is 1. The van der Waals surface area contributed by atoms with Gasteiger partial charge < -0.3 is 19.5 Å². The molecule has 2 aromatic rings. The number of aliphatic imine (C=N–C) groups is 1. The van der Waals surface area contributed by atoms with Gasteiger partial charge in [-0.3, -0.25) is 14.6 Å². The standard InChI is InChI=1S/C22H16F3N3O5S/c1-31-17-8-12(9-18-20(30)28-21(34-18)27-11-19(29)32-2)3-6-16(17)33-15-5-4-13(10-26)7-14(15)22(23,24)25/h3-9H,11H2,1-2H3,(H,27,28,30)/b18-9+. The van der Waals surface area contributed by atoms with E-state index in [4.69, 9.17) is 14.7 Å². The number of benzene rings is 2. The number of ether oxygens (including phenoxy) is 3. The summed E-state index contributed by atoms with van der Waals surface area (Å²) >= 11 is 1.01. The van der Waals surface area contributed by atoms with E-state index in [9.17, 15) is 22.8 Å². The van der Waals surface area contributed by atoms with E-state index in [1.807, 2.05) is 0 Å². The van der Waals surface area contributed by atoms with Crippen molar-refractivity contribution in [3.05, 3.63) is 58.0 Å². The second-order valence-corrected chi connectivity index (χ2v) is 7.63. The summed E-state index contributed by atoms with van der Waals surface area (Å²) in [5.74, 6) is -1.36. The van der Waals surface area contributed by atoms with Gasteiger partial charge in [-0.05, 0) is 53.7 Å². The molecule has 8 nitrogen and oxygen atoms in total. The highest BCUT2D eigenvalue weighted by Crippen LogP contribution is 2.41. The summed E-state index contributed by atoms with van der Waals surface area (Å²) in [6.07, 6.45) is -3.21. The zero-order valence-electron chi connectivity index (χ0n) is 17.7. The van der Waals surface area contributed by atoms with Crippen LogP contribution in [0.25, 0.3) is 6.08 Å². The number of rotatable bonds is 6. The van der Waals surface area contributed by atoms with Gasteiger partial charge in [0, 0.05) is 0 Å². The molecular weight excluding hydrogens is 475 g/mol. The number of hydrogen-bond donors (Lipinski definition) is 1. The van der Waals surface area contributed by atoms with Gasteiger partial charge >= 0.3 is 12.1 Å². The fraction of sp³-hybridized carbons (Fsp3) is 0.182. The van der Waals surface area contributed by atoms with Crippen LogP contribution in [0.2, 0.25) is 0 Å². The molecule has 1 fully saturated rings. The smallest absolute Gasteiger partial charge is 0.420 e. The van der Waals surface area contributed by atoms with Gasteiger partial charge in [0.15, 0.2) is 16.7 Å². The average molecular weight is 491 g/mol. The molecule has 0 radical (unpaired) electrons. The number of amides is 1. The topological polar surface area (TPSA) is 110 Å². The maximum atomic E-state index is 13.4. The normalized spacial score (nSPS) is 15.7. The van der Waals surface area contributed by atoms with Gasteiger partial charge in [-0.15, -0.1) is 0 Å². The third-order valence-electron chi connectivity index (χ3n) is 4.35. The first-order valence-corrected chi connectivity index (χ1v) is 10.3. The van der Waals surface area contributed by atoms with Crippen LogP contribution in [0, 0.1) is 11.3 Å². The monoisotopic (exact) mass is 491 g/mol. The third kappa shape index (κ3) is 5.87. The number of halogens is 3.